The second-order valence-corrected chi connectivity index (χ2v) is 5.46. The van der Waals surface area contributed by atoms with Gasteiger partial charge in [0.1, 0.15) is 6.61 Å². The summed E-state index contributed by atoms with van der Waals surface area (Å²) in [5, 5.41) is 3.53. The van der Waals surface area contributed by atoms with Gasteiger partial charge < -0.3 is 15.8 Å². The zero-order valence-electron chi connectivity index (χ0n) is 11.3. The number of carbonyl (C=O) groups is 1. The van der Waals surface area contributed by atoms with Crippen molar-refractivity contribution in [2.24, 2.45) is 0 Å². The summed E-state index contributed by atoms with van der Waals surface area (Å²) in [6, 6.07) is 4.72. The van der Waals surface area contributed by atoms with Gasteiger partial charge in [-0.15, -0.1) is 12.4 Å². The van der Waals surface area contributed by atoms with Crippen molar-refractivity contribution in [3.63, 3.8) is 0 Å². The van der Waals surface area contributed by atoms with Crippen LogP contribution in [0.2, 0.25) is 5.02 Å². The standard InChI is InChI=1S/C13H19ClN2O2.ClH/c1-13(2,3)16-6-7-18-12(17)10-5-4-9(15)8-11(10)14;/h4-5,8,16H,6-7,15H2,1-3H3;1H. The van der Waals surface area contributed by atoms with Crippen LogP contribution in [0.3, 0.4) is 0 Å². The monoisotopic (exact) mass is 306 g/mol. The number of carbonyl (C=O) groups excluding carboxylic acids is 1. The topological polar surface area (TPSA) is 64.3 Å². The summed E-state index contributed by atoms with van der Waals surface area (Å²) in [7, 11) is 0. The Bertz CT molecular complexity index is 431. The van der Waals surface area contributed by atoms with Crippen LogP contribution in [0.25, 0.3) is 0 Å². The molecule has 0 bridgehead atoms. The molecule has 3 N–H and O–H groups in total. The number of nitrogens with one attached hydrogen (secondary N) is 1. The van der Waals surface area contributed by atoms with Crippen LogP contribution in [0.15, 0.2) is 18.2 Å². The van der Waals surface area contributed by atoms with Gasteiger partial charge in [0.25, 0.3) is 0 Å². The number of ether oxygens (including phenoxy) is 1. The molecule has 19 heavy (non-hydrogen) atoms. The van der Waals surface area contributed by atoms with Gasteiger partial charge in [-0.3, -0.25) is 0 Å². The zero-order chi connectivity index (χ0) is 13.8. The molecule has 0 atom stereocenters. The van der Waals surface area contributed by atoms with Crippen LogP contribution < -0.4 is 11.1 Å². The Morgan fingerprint density at radius 2 is 2.05 bits per heavy atom. The van der Waals surface area contributed by atoms with Crippen molar-refractivity contribution in [3.8, 4) is 0 Å². The minimum absolute atomic E-state index is 0. The van der Waals surface area contributed by atoms with Gasteiger partial charge in [-0.05, 0) is 39.0 Å². The largest absolute Gasteiger partial charge is 0.461 e. The first-order valence-corrected chi connectivity index (χ1v) is 6.14. The van der Waals surface area contributed by atoms with Gasteiger partial charge in [-0.1, -0.05) is 11.6 Å². The summed E-state index contributed by atoms with van der Waals surface area (Å²) >= 11 is 5.91. The summed E-state index contributed by atoms with van der Waals surface area (Å²) in [6.07, 6.45) is 0. The second-order valence-electron chi connectivity index (χ2n) is 5.05. The highest BCUT2D eigenvalue weighted by Gasteiger charge is 2.13. The number of hydrogen-bond donors (Lipinski definition) is 2. The number of anilines is 1. The molecule has 1 rings (SSSR count). The van der Waals surface area contributed by atoms with Gasteiger partial charge in [-0.25, -0.2) is 4.79 Å². The molecule has 0 aliphatic carbocycles. The van der Waals surface area contributed by atoms with E-state index in [2.05, 4.69) is 5.32 Å². The Hall–Kier alpha value is -0.970. The molecule has 6 heteroatoms. The molecular formula is C13H20Cl2N2O2. The molecule has 0 radical (unpaired) electrons. The van der Waals surface area contributed by atoms with Crippen LogP contribution in [0, 0.1) is 0 Å². The van der Waals surface area contributed by atoms with E-state index in [9.17, 15) is 4.79 Å². The van der Waals surface area contributed by atoms with Gasteiger partial charge in [0.15, 0.2) is 0 Å². The van der Waals surface area contributed by atoms with Crippen LogP contribution >= 0.6 is 24.0 Å². The van der Waals surface area contributed by atoms with E-state index in [4.69, 9.17) is 22.1 Å². The van der Waals surface area contributed by atoms with E-state index in [-0.39, 0.29) is 17.9 Å². The third kappa shape index (κ3) is 6.66. The molecule has 0 aliphatic rings. The molecule has 1 aromatic carbocycles. The van der Waals surface area contributed by atoms with E-state index in [1.807, 2.05) is 20.8 Å². The number of esters is 1. The number of nitrogen functional groups attached to an aromatic ring is 1. The van der Waals surface area contributed by atoms with Crippen LogP contribution in [-0.4, -0.2) is 24.7 Å². The van der Waals surface area contributed by atoms with Crippen molar-refractivity contribution in [1.29, 1.82) is 0 Å². The van der Waals surface area contributed by atoms with Crippen LogP contribution in [0.4, 0.5) is 5.69 Å². The van der Waals surface area contributed by atoms with Crippen molar-refractivity contribution in [1.82, 2.24) is 5.32 Å². The summed E-state index contributed by atoms with van der Waals surface area (Å²) in [5.41, 5.74) is 6.41. The molecule has 0 heterocycles. The van der Waals surface area contributed by atoms with E-state index in [1.54, 1.807) is 12.1 Å². The lowest BCUT2D eigenvalue weighted by Crippen LogP contribution is -2.38. The van der Waals surface area contributed by atoms with Gasteiger partial charge >= 0.3 is 5.97 Å². The lowest BCUT2D eigenvalue weighted by molar-refractivity contribution is 0.0502. The Labute approximate surface area is 125 Å². The number of rotatable bonds is 4. The molecule has 0 unspecified atom stereocenters. The third-order valence-corrected chi connectivity index (χ3v) is 2.52. The molecule has 0 spiro atoms. The van der Waals surface area contributed by atoms with E-state index in [0.29, 0.717) is 29.4 Å². The molecule has 0 aliphatic heterocycles. The molecule has 0 saturated heterocycles. The van der Waals surface area contributed by atoms with Crippen LogP contribution in [-0.2, 0) is 4.74 Å². The van der Waals surface area contributed by atoms with E-state index < -0.39 is 5.97 Å². The fourth-order valence-electron chi connectivity index (χ4n) is 1.34. The summed E-state index contributed by atoms with van der Waals surface area (Å²) in [5.74, 6) is -0.435. The maximum absolute atomic E-state index is 11.7. The van der Waals surface area contributed by atoms with Crippen LogP contribution in [0.1, 0.15) is 31.1 Å². The molecule has 0 saturated carbocycles. The minimum atomic E-state index is -0.435. The highest BCUT2D eigenvalue weighted by Crippen LogP contribution is 2.19. The lowest BCUT2D eigenvalue weighted by atomic mass is 10.1. The van der Waals surface area contributed by atoms with Crippen molar-refractivity contribution < 1.29 is 9.53 Å². The molecule has 108 valence electrons. The molecule has 1 aromatic rings. The van der Waals surface area contributed by atoms with Crippen molar-refractivity contribution in [3.05, 3.63) is 28.8 Å². The highest BCUT2D eigenvalue weighted by molar-refractivity contribution is 6.33. The molecule has 4 nitrogen and oxygen atoms in total. The second kappa shape index (κ2) is 7.58. The van der Waals surface area contributed by atoms with Crippen molar-refractivity contribution in [2.45, 2.75) is 26.3 Å². The van der Waals surface area contributed by atoms with Gasteiger partial charge in [0.05, 0.1) is 10.6 Å². The lowest BCUT2D eigenvalue weighted by Gasteiger charge is -2.20. The van der Waals surface area contributed by atoms with Crippen molar-refractivity contribution >= 4 is 35.7 Å². The van der Waals surface area contributed by atoms with E-state index in [0.717, 1.165) is 0 Å². The van der Waals surface area contributed by atoms with Gasteiger partial charge in [0, 0.05) is 17.8 Å². The first kappa shape index (κ1) is 18.0. The maximum Gasteiger partial charge on any atom is 0.339 e. The fourth-order valence-corrected chi connectivity index (χ4v) is 1.61. The van der Waals surface area contributed by atoms with E-state index in [1.165, 1.54) is 6.07 Å². The maximum atomic E-state index is 11.7. The Morgan fingerprint density at radius 1 is 1.42 bits per heavy atom. The molecule has 0 amide bonds. The molecule has 0 fully saturated rings. The van der Waals surface area contributed by atoms with Gasteiger partial charge in [0.2, 0.25) is 0 Å². The van der Waals surface area contributed by atoms with Gasteiger partial charge in [-0.2, -0.15) is 0 Å². The summed E-state index contributed by atoms with van der Waals surface area (Å²) in [6.45, 7) is 7.04. The van der Waals surface area contributed by atoms with Crippen LogP contribution in [0.5, 0.6) is 0 Å². The molecule has 0 aromatic heterocycles. The predicted octanol–water partition coefficient (Wildman–Crippen LogP) is 2.89. The SMILES string of the molecule is CC(C)(C)NCCOC(=O)c1ccc(N)cc1Cl.Cl. The number of nitrogens with two attached hydrogens (primary N) is 1. The quantitative estimate of drug-likeness (QED) is 0.510. The Balaban J connectivity index is 0.00000324. The first-order valence-electron chi connectivity index (χ1n) is 5.77. The minimum Gasteiger partial charge on any atom is -0.461 e. The first-order chi connectivity index (χ1) is 8.29. The van der Waals surface area contributed by atoms with E-state index >= 15 is 0 Å². The number of halogens is 2. The normalized spacial score (nSPS) is 10.7. The average Bonchev–Trinajstić information content (AvgIpc) is 2.22. The zero-order valence-corrected chi connectivity index (χ0v) is 12.9. The molecular weight excluding hydrogens is 287 g/mol. The number of benzene rings is 1. The summed E-state index contributed by atoms with van der Waals surface area (Å²) in [4.78, 5) is 11.7. The Kier molecular flexibility index (Phi) is 7.19. The highest BCUT2D eigenvalue weighted by atomic mass is 35.5. The van der Waals surface area contributed by atoms with Crippen molar-refractivity contribution in [2.75, 3.05) is 18.9 Å². The Morgan fingerprint density at radius 3 is 2.58 bits per heavy atom. The fraction of sp³-hybridized carbons (Fsp3) is 0.462. The number of hydrogen-bond acceptors (Lipinski definition) is 4. The third-order valence-electron chi connectivity index (χ3n) is 2.20. The average molecular weight is 307 g/mol. The smallest absolute Gasteiger partial charge is 0.339 e. The summed E-state index contributed by atoms with van der Waals surface area (Å²) < 4.78 is 5.12. The predicted molar refractivity (Wildman–Crippen MR) is 81.2 cm³/mol.